The molecule has 2 aromatic carbocycles. The summed E-state index contributed by atoms with van der Waals surface area (Å²) in [5.41, 5.74) is 0.741. The topological polar surface area (TPSA) is 95.5 Å². The minimum Gasteiger partial charge on any atom is -0.478 e. The van der Waals surface area contributed by atoms with Gasteiger partial charge in [-0.15, -0.1) is 0 Å². The molecule has 0 spiro atoms. The summed E-state index contributed by atoms with van der Waals surface area (Å²) in [6.45, 7) is 2.56. The molecular formula is C16H18N2O4S. The summed E-state index contributed by atoms with van der Waals surface area (Å²) in [4.78, 5) is 11.3. The number of rotatable bonds is 7. The van der Waals surface area contributed by atoms with Gasteiger partial charge in [-0.2, -0.15) is 0 Å². The molecule has 0 saturated carbocycles. The van der Waals surface area contributed by atoms with Crippen LogP contribution >= 0.6 is 0 Å². The minimum absolute atomic E-state index is 0.0746. The molecule has 0 saturated heterocycles. The molecular weight excluding hydrogens is 316 g/mol. The number of carboxylic acids is 1. The van der Waals surface area contributed by atoms with Gasteiger partial charge < -0.3 is 10.4 Å². The highest BCUT2D eigenvalue weighted by atomic mass is 32.2. The van der Waals surface area contributed by atoms with Gasteiger partial charge in [-0.05, 0) is 36.8 Å². The molecule has 0 atom stereocenters. The molecule has 3 N–H and O–H groups in total. The first kappa shape index (κ1) is 16.8. The summed E-state index contributed by atoms with van der Waals surface area (Å²) in [6, 6.07) is 12.4. The zero-order valence-electron chi connectivity index (χ0n) is 12.6. The van der Waals surface area contributed by atoms with Gasteiger partial charge in [-0.1, -0.05) is 25.1 Å². The molecule has 2 aromatic rings. The van der Waals surface area contributed by atoms with Crippen LogP contribution in [0.5, 0.6) is 0 Å². The van der Waals surface area contributed by atoms with Gasteiger partial charge in [0, 0.05) is 17.9 Å². The molecule has 0 aliphatic carbocycles. The molecule has 23 heavy (non-hydrogen) atoms. The predicted molar refractivity (Wildman–Crippen MR) is 89.4 cm³/mol. The Balaban J connectivity index is 2.35. The lowest BCUT2D eigenvalue weighted by Gasteiger charge is -2.12. The lowest BCUT2D eigenvalue weighted by Crippen LogP contribution is -2.15. The van der Waals surface area contributed by atoms with E-state index in [0.717, 1.165) is 12.5 Å². The number of hydrogen-bond donors (Lipinski definition) is 3. The molecule has 7 heteroatoms. The van der Waals surface area contributed by atoms with E-state index < -0.39 is 16.0 Å². The van der Waals surface area contributed by atoms with Crippen molar-refractivity contribution < 1.29 is 18.3 Å². The third-order valence-corrected chi connectivity index (χ3v) is 4.50. The van der Waals surface area contributed by atoms with Crippen molar-refractivity contribution in [3.05, 3.63) is 54.1 Å². The van der Waals surface area contributed by atoms with Crippen LogP contribution in [0.3, 0.4) is 0 Å². The van der Waals surface area contributed by atoms with Gasteiger partial charge in [0.2, 0.25) is 0 Å². The van der Waals surface area contributed by atoms with Gasteiger partial charge in [0.25, 0.3) is 10.0 Å². The lowest BCUT2D eigenvalue weighted by molar-refractivity contribution is 0.0697. The van der Waals surface area contributed by atoms with Crippen molar-refractivity contribution in [1.82, 2.24) is 0 Å². The van der Waals surface area contributed by atoms with E-state index >= 15 is 0 Å². The molecule has 0 amide bonds. The Morgan fingerprint density at radius 3 is 2.43 bits per heavy atom. The maximum atomic E-state index is 12.4. The van der Waals surface area contributed by atoms with Gasteiger partial charge in [0.05, 0.1) is 10.5 Å². The summed E-state index contributed by atoms with van der Waals surface area (Å²) >= 11 is 0. The highest BCUT2D eigenvalue weighted by Gasteiger charge is 2.19. The first-order valence-corrected chi connectivity index (χ1v) is 8.61. The Morgan fingerprint density at radius 2 is 1.83 bits per heavy atom. The highest BCUT2D eigenvalue weighted by molar-refractivity contribution is 7.92. The quantitative estimate of drug-likeness (QED) is 0.723. The molecule has 0 aliphatic heterocycles. The third-order valence-electron chi connectivity index (χ3n) is 3.12. The van der Waals surface area contributed by atoms with Gasteiger partial charge in [-0.25, -0.2) is 13.2 Å². The minimum atomic E-state index is -3.85. The van der Waals surface area contributed by atoms with Gasteiger partial charge in [-0.3, -0.25) is 4.72 Å². The number of nitrogens with one attached hydrogen (secondary N) is 2. The summed E-state index contributed by atoms with van der Waals surface area (Å²) in [7, 11) is -3.85. The van der Waals surface area contributed by atoms with E-state index in [9.17, 15) is 18.3 Å². The van der Waals surface area contributed by atoms with E-state index in [1.807, 2.05) is 6.92 Å². The monoisotopic (exact) mass is 334 g/mol. The Hall–Kier alpha value is -2.54. The van der Waals surface area contributed by atoms with Crippen molar-refractivity contribution in [2.45, 2.75) is 18.2 Å². The van der Waals surface area contributed by atoms with Gasteiger partial charge >= 0.3 is 5.97 Å². The van der Waals surface area contributed by atoms with Crippen LogP contribution in [0.15, 0.2) is 53.4 Å². The van der Waals surface area contributed by atoms with Crippen molar-refractivity contribution in [3.8, 4) is 0 Å². The first-order chi connectivity index (χ1) is 10.9. The molecule has 2 rings (SSSR count). The van der Waals surface area contributed by atoms with Crippen LogP contribution in [0, 0.1) is 0 Å². The molecule has 0 aliphatic rings. The Morgan fingerprint density at radius 1 is 1.13 bits per heavy atom. The fraction of sp³-hybridized carbons (Fsp3) is 0.188. The Bertz CT molecular complexity index is 789. The van der Waals surface area contributed by atoms with Crippen LogP contribution in [-0.4, -0.2) is 26.0 Å². The molecule has 0 bridgehead atoms. The van der Waals surface area contributed by atoms with Crippen molar-refractivity contribution in [3.63, 3.8) is 0 Å². The maximum Gasteiger partial charge on any atom is 0.337 e. The molecule has 0 heterocycles. The average Bonchev–Trinajstić information content (AvgIpc) is 2.53. The van der Waals surface area contributed by atoms with Crippen LogP contribution in [0.25, 0.3) is 0 Å². The molecule has 6 nitrogen and oxygen atoms in total. The average molecular weight is 334 g/mol. The van der Waals surface area contributed by atoms with E-state index in [0.29, 0.717) is 17.9 Å². The predicted octanol–water partition coefficient (Wildman–Crippen LogP) is 3.01. The summed E-state index contributed by atoms with van der Waals surface area (Å²) in [5, 5.41) is 12.3. The lowest BCUT2D eigenvalue weighted by atomic mass is 10.2. The molecule has 0 unspecified atom stereocenters. The molecule has 0 fully saturated rings. The molecule has 0 radical (unpaired) electrons. The van der Waals surface area contributed by atoms with Crippen molar-refractivity contribution in [2.75, 3.05) is 16.6 Å². The number of para-hydroxylation sites is 1. The largest absolute Gasteiger partial charge is 0.478 e. The van der Waals surface area contributed by atoms with E-state index in [1.165, 1.54) is 12.1 Å². The van der Waals surface area contributed by atoms with E-state index in [4.69, 9.17) is 0 Å². The van der Waals surface area contributed by atoms with Crippen molar-refractivity contribution >= 4 is 27.4 Å². The van der Waals surface area contributed by atoms with E-state index in [-0.39, 0.29) is 10.5 Å². The summed E-state index contributed by atoms with van der Waals surface area (Å²) < 4.78 is 27.2. The second kappa shape index (κ2) is 7.15. The second-order valence-electron chi connectivity index (χ2n) is 4.91. The fourth-order valence-corrected chi connectivity index (χ4v) is 3.09. The fourth-order valence-electron chi connectivity index (χ4n) is 2.00. The first-order valence-electron chi connectivity index (χ1n) is 7.13. The normalized spacial score (nSPS) is 11.0. The number of hydrogen-bond acceptors (Lipinski definition) is 4. The van der Waals surface area contributed by atoms with Crippen molar-refractivity contribution in [1.29, 1.82) is 0 Å². The Kier molecular flexibility index (Phi) is 5.23. The van der Waals surface area contributed by atoms with Gasteiger partial charge in [0.1, 0.15) is 0 Å². The highest BCUT2D eigenvalue weighted by Crippen LogP contribution is 2.22. The zero-order valence-corrected chi connectivity index (χ0v) is 13.4. The van der Waals surface area contributed by atoms with Crippen LogP contribution in [-0.2, 0) is 10.0 Å². The number of anilines is 2. The van der Waals surface area contributed by atoms with Crippen LogP contribution in [0.4, 0.5) is 11.4 Å². The molecule has 122 valence electrons. The SMILES string of the molecule is CCCNc1ccc(S(=O)(=O)Nc2ccccc2)cc1C(=O)O. The smallest absolute Gasteiger partial charge is 0.337 e. The van der Waals surface area contributed by atoms with E-state index in [2.05, 4.69) is 10.0 Å². The number of carboxylic acid groups (broad SMARTS) is 1. The number of carbonyl (C=O) groups is 1. The van der Waals surface area contributed by atoms with Crippen molar-refractivity contribution in [2.24, 2.45) is 0 Å². The second-order valence-corrected chi connectivity index (χ2v) is 6.59. The maximum absolute atomic E-state index is 12.4. The van der Waals surface area contributed by atoms with Crippen LogP contribution < -0.4 is 10.0 Å². The number of sulfonamides is 1. The molecule has 0 aromatic heterocycles. The number of benzene rings is 2. The standard InChI is InChI=1S/C16H18N2O4S/c1-2-10-17-15-9-8-13(11-14(15)16(19)20)23(21,22)18-12-6-4-3-5-7-12/h3-9,11,17-18H,2,10H2,1H3,(H,19,20). The summed E-state index contributed by atoms with van der Waals surface area (Å²) in [6.07, 6.45) is 0.828. The summed E-state index contributed by atoms with van der Waals surface area (Å²) in [5.74, 6) is -1.18. The number of aromatic carboxylic acids is 1. The van der Waals surface area contributed by atoms with Crippen LogP contribution in [0.1, 0.15) is 23.7 Å². The van der Waals surface area contributed by atoms with E-state index in [1.54, 1.807) is 30.3 Å². The van der Waals surface area contributed by atoms with Crippen LogP contribution in [0.2, 0.25) is 0 Å². The third kappa shape index (κ3) is 4.23. The van der Waals surface area contributed by atoms with Gasteiger partial charge in [0.15, 0.2) is 0 Å². The Labute approximate surface area is 135 Å². The zero-order chi connectivity index (χ0) is 16.9.